The van der Waals surface area contributed by atoms with E-state index in [0.717, 1.165) is 27.9 Å². The summed E-state index contributed by atoms with van der Waals surface area (Å²) in [4.78, 5) is 16.5. The van der Waals surface area contributed by atoms with E-state index < -0.39 is 0 Å². The van der Waals surface area contributed by atoms with E-state index in [4.69, 9.17) is 5.10 Å². The Morgan fingerprint density at radius 2 is 1.94 bits per heavy atom. The van der Waals surface area contributed by atoms with Crippen LogP contribution >= 0.6 is 0 Å². The Kier molecular flexibility index (Phi) is 4.33. The first kappa shape index (κ1) is 20.0. The molecule has 2 aromatic heterocycles. The van der Waals surface area contributed by atoms with Gasteiger partial charge in [-0.25, -0.2) is 4.39 Å². The number of anilines is 3. The molecular formula is C25H25FN6O. The second-order valence-corrected chi connectivity index (χ2v) is 9.08. The van der Waals surface area contributed by atoms with Crippen LogP contribution in [0.2, 0.25) is 0 Å². The van der Waals surface area contributed by atoms with Crippen LogP contribution in [0.15, 0.2) is 48.8 Å². The monoisotopic (exact) mass is 444 g/mol. The third-order valence-corrected chi connectivity index (χ3v) is 6.66. The maximum absolute atomic E-state index is 14.6. The van der Waals surface area contributed by atoms with Crippen LogP contribution in [0.1, 0.15) is 32.7 Å². The Labute approximate surface area is 191 Å². The normalized spacial score (nSPS) is 18.1. The van der Waals surface area contributed by atoms with Gasteiger partial charge in [0.25, 0.3) is 0 Å². The van der Waals surface area contributed by atoms with Gasteiger partial charge in [0.1, 0.15) is 11.3 Å². The minimum atomic E-state index is -0.300. The molecule has 4 aromatic rings. The molecule has 2 aromatic carbocycles. The van der Waals surface area contributed by atoms with Gasteiger partial charge in [-0.3, -0.25) is 14.2 Å². The smallest absolute Gasteiger partial charge is 0.224 e. The van der Waals surface area contributed by atoms with E-state index in [-0.39, 0.29) is 17.8 Å². The van der Waals surface area contributed by atoms with Crippen molar-refractivity contribution < 1.29 is 9.18 Å². The van der Waals surface area contributed by atoms with Crippen molar-refractivity contribution in [2.45, 2.75) is 38.8 Å². The zero-order valence-electron chi connectivity index (χ0n) is 18.9. The van der Waals surface area contributed by atoms with Gasteiger partial charge in [0.15, 0.2) is 5.82 Å². The van der Waals surface area contributed by atoms with E-state index in [2.05, 4.69) is 22.3 Å². The number of rotatable bonds is 3. The lowest BCUT2D eigenvalue weighted by atomic mass is 10.0. The van der Waals surface area contributed by atoms with Crippen LogP contribution in [-0.4, -0.2) is 38.1 Å². The summed E-state index contributed by atoms with van der Waals surface area (Å²) in [6.45, 7) is 4.17. The zero-order chi connectivity index (χ0) is 22.9. The van der Waals surface area contributed by atoms with E-state index in [0.29, 0.717) is 23.9 Å². The van der Waals surface area contributed by atoms with Crippen molar-refractivity contribution >= 4 is 34.0 Å². The Balaban J connectivity index is 1.53. The van der Waals surface area contributed by atoms with E-state index >= 15 is 0 Å². The van der Waals surface area contributed by atoms with Crippen LogP contribution in [-0.2, 0) is 11.8 Å². The second-order valence-electron chi connectivity index (χ2n) is 9.08. The molecule has 1 saturated carbocycles. The summed E-state index contributed by atoms with van der Waals surface area (Å²) >= 11 is 0. The molecule has 0 spiro atoms. The fourth-order valence-corrected chi connectivity index (χ4v) is 4.98. The Morgan fingerprint density at radius 1 is 1.12 bits per heavy atom. The molecule has 3 heterocycles. The number of amides is 1. The summed E-state index contributed by atoms with van der Waals surface area (Å²) in [6, 6.07) is 11.6. The molecule has 7 nitrogen and oxygen atoms in total. The highest BCUT2D eigenvalue weighted by molar-refractivity contribution is 6.01. The number of carbonyl (C=O) groups excluding carboxylic acids is 1. The van der Waals surface area contributed by atoms with Gasteiger partial charge in [-0.05, 0) is 49.6 Å². The number of nitrogens with zero attached hydrogens (tertiary/aromatic N) is 6. The summed E-state index contributed by atoms with van der Waals surface area (Å²) < 4.78 is 18.2. The number of hydrogen-bond donors (Lipinski definition) is 0. The number of benzene rings is 2. The van der Waals surface area contributed by atoms with Gasteiger partial charge in [0.2, 0.25) is 5.91 Å². The fourth-order valence-electron chi connectivity index (χ4n) is 4.98. The average Bonchev–Trinajstić information content (AvgIpc) is 3.41. The third kappa shape index (κ3) is 3.12. The van der Waals surface area contributed by atoms with Crippen LogP contribution in [0.25, 0.3) is 22.0 Å². The fraction of sp³-hybridized carbons (Fsp3) is 0.320. The van der Waals surface area contributed by atoms with Crippen LogP contribution in [0.3, 0.4) is 0 Å². The Morgan fingerprint density at radius 3 is 2.70 bits per heavy atom. The molecule has 1 amide bonds. The van der Waals surface area contributed by atoms with Crippen LogP contribution in [0, 0.1) is 5.82 Å². The topological polar surface area (TPSA) is 59.2 Å². The third-order valence-electron chi connectivity index (χ3n) is 6.66. The van der Waals surface area contributed by atoms with Crippen molar-refractivity contribution in [2.24, 2.45) is 7.05 Å². The molecule has 168 valence electrons. The molecule has 2 aliphatic rings. The van der Waals surface area contributed by atoms with Crippen LogP contribution in [0.4, 0.5) is 21.6 Å². The molecule has 0 N–H and O–H groups in total. The minimum Gasteiger partial charge on any atom is -0.320 e. The molecule has 0 unspecified atom stereocenters. The minimum absolute atomic E-state index is 0.00498. The van der Waals surface area contributed by atoms with Gasteiger partial charge in [-0.1, -0.05) is 12.1 Å². The lowest BCUT2D eigenvalue weighted by Crippen LogP contribution is -2.48. The van der Waals surface area contributed by atoms with E-state index in [9.17, 15) is 9.18 Å². The summed E-state index contributed by atoms with van der Waals surface area (Å²) in [5.74, 6) is 0.384. The highest BCUT2D eigenvalue weighted by Crippen LogP contribution is 2.44. The van der Waals surface area contributed by atoms with E-state index in [1.165, 1.54) is 18.9 Å². The number of halogens is 1. The van der Waals surface area contributed by atoms with E-state index in [1.54, 1.807) is 24.7 Å². The van der Waals surface area contributed by atoms with Crippen molar-refractivity contribution in [3.8, 4) is 11.1 Å². The molecule has 1 fully saturated rings. The first-order valence-electron chi connectivity index (χ1n) is 11.3. The van der Waals surface area contributed by atoms with Crippen molar-refractivity contribution in [1.29, 1.82) is 0 Å². The van der Waals surface area contributed by atoms with Gasteiger partial charge in [-0.15, -0.1) is 0 Å². The first-order valence-corrected chi connectivity index (χ1v) is 11.3. The quantitative estimate of drug-likeness (QED) is 0.455. The van der Waals surface area contributed by atoms with Gasteiger partial charge in [0.05, 0.1) is 29.7 Å². The molecule has 0 bridgehead atoms. The Hall–Kier alpha value is -3.68. The second kappa shape index (κ2) is 7.16. The van der Waals surface area contributed by atoms with Crippen molar-refractivity contribution in [3.05, 3.63) is 54.6 Å². The maximum Gasteiger partial charge on any atom is 0.224 e. The largest absolute Gasteiger partial charge is 0.320 e. The number of aryl methyl sites for hydroxylation is 1. The molecule has 0 saturated heterocycles. The highest BCUT2D eigenvalue weighted by atomic mass is 19.1. The highest BCUT2D eigenvalue weighted by Gasteiger charge is 2.34. The summed E-state index contributed by atoms with van der Waals surface area (Å²) in [5.41, 5.74) is 4.24. The number of para-hydroxylation sites is 1. The molecule has 1 atom stereocenters. The van der Waals surface area contributed by atoms with Crippen molar-refractivity contribution in [2.75, 3.05) is 16.3 Å². The average molecular weight is 445 g/mol. The SMILES string of the molecule is CC(=O)N1c2ccc(-c3cnn(C4CC4)c3)cc2N(c2nn(C)c3c(F)cccc23)C[C@@H]1C. The molecule has 33 heavy (non-hydrogen) atoms. The van der Waals surface area contributed by atoms with Crippen LogP contribution in [0.5, 0.6) is 0 Å². The molecular weight excluding hydrogens is 419 g/mol. The predicted octanol–water partition coefficient (Wildman–Crippen LogP) is 4.80. The summed E-state index contributed by atoms with van der Waals surface area (Å²) in [6.07, 6.45) is 6.33. The molecule has 1 aliphatic carbocycles. The number of aromatic nitrogens is 4. The van der Waals surface area contributed by atoms with Crippen molar-refractivity contribution in [3.63, 3.8) is 0 Å². The van der Waals surface area contributed by atoms with Gasteiger partial charge in [-0.2, -0.15) is 10.2 Å². The number of hydrogen-bond acceptors (Lipinski definition) is 4. The lowest BCUT2D eigenvalue weighted by molar-refractivity contribution is -0.117. The number of carbonyl (C=O) groups is 1. The Bertz CT molecular complexity index is 1400. The van der Waals surface area contributed by atoms with E-state index in [1.807, 2.05) is 40.9 Å². The maximum atomic E-state index is 14.6. The lowest BCUT2D eigenvalue weighted by Gasteiger charge is -2.41. The molecule has 1 aliphatic heterocycles. The van der Waals surface area contributed by atoms with Gasteiger partial charge in [0, 0.05) is 37.7 Å². The zero-order valence-corrected chi connectivity index (χ0v) is 18.9. The molecule has 0 radical (unpaired) electrons. The number of fused-ring (bicyclic) bond motifs is 2. The standard InChI is InChI=1S/C25H25FN6O/c1-15-13-30(25-20-5-4-6-21(26)24(20)29(3)28-25)23-11-17(7-10-22(23)32(15)16(2)33)18-12-27-31(14-18)19-8-9-19/h4-7,10-12,14-15,19H,8-9,13H2,1-3H3/t15-/m0/s1. The first-order chi connectivity index (χ1) is 15.9. The molecule has 8 heteroatoms. The summed E-state index contributed by atoms with van der Waals surface area (Å²) in [7, 11) is 1.76. The van der Waals surface area contributed by atoms with Gasteiger partial charge >= 0.3 is 0 Å². The summed E-state index contributed by atoms with van der Waals surface area (Å²) in [5, 5.41) is 9.98. The van der Waals surface area contributed by atoms with Crippen molar-refractivity contribution in [1.82, 2.24) is 19.6 Å². The van der Waals surface area contributed by atoms with Gasteiger partial charge < -0.3 is 9.80 Å². The molecule has 6 rings (SSSR count). The van der Waals surface area contributed by atoms with Crippen LogP contribution < -0.4 is 9.80 Å². The predicted molar refractivity (Wildman–Crippen MR) is 126 cm³/mol.